The topological polar surface area (TPSA) is 56.7 Å². The van der Waals surface area contributed by atoms with Crippen LogP contribution in [-0.4, -0.2) is 54.2 Å². The molecule has 0 aliphatic carbocycles. The van der Waals surface area contributed by atoms with E-state index >= 15 is 0 Å². The van der Waals surface area contributed by atoms with E-state index in [2.05, 4.69) is 21.8 Å². The van der Waals surface area contributed by atoms with Crippen molar-refractivity contribution < 1.29 is 9.90 Å². The van der Waals surface area contributed by atoms with Crippen LogP contribution in [-0.2, 0) is 0 Å². The molecule has 1 aliphatic rings. The van der Waals surface area contributed by atoms with Gasteiger partial charge in [0.25, 0.3) is 0 Å². The Morgan fingerprint density at radius 3 is 2.76 bits per heavy atom. The van der Waals surface area contributed by atoms with Crippen molar-refractivity contribution >= 4 is 11.8 Å². The van der Waals surface area contributed by atoms with Crippen molar-refractivity contribution in [2.24, 2.45) is 0 Å². The van der Waals surface area contributed by atoms with Gasteiger partial charge in [-0.05, 0) is 44.5 Å². The molecule has 1 unspecified atom stereocenters. The van der Waals surface area contributed by atoms with Crippen LogP contribution in [0, 0.1) is 0 Å². The van der Waals surface area contributed by atoms with Gasteiger partial charge in [0.1, 0.15) is 5.82 Å². The highest BCUT2D eigenvalue weighted by Gasteiger charge is 2.23. The molecule has 2 rings (SSSR count). The Balaban J connectivity index is 2.30. The van der Waals surface area contributed by atoms with Crippen LogP contribution in [0.2, 0.25) is 0 Å². The summed E-state index contributed by atoms with van der Waals surface area (Å²) in [5, 5.41) is 9.30. The molecule has 0 bridgehead atoms. The van der Waals surface area contributed by atoms with Crippen molar-refractivity contribution in [3.63, 3.8) is 0 Å². The largest absolute Gasteiger partial charge is 0.478 e. The summed E-state index contributed by atoms with van der Waals surface area (Å²) in [6, 6.07) is 3.75. The monoisotopic (exact) mass is 291 g/mol. The third-order valence-corrected chi connectivity index (χ3v) is 4.18. The molecule has 2 heterocycles. The van der Waals surface area contributed by atoms with Gasteiger partial charge in [0.2, 0.25) is 0 Å². The number of aromatic nitrogens is 1. The van der Waals surface area contributed by atoms with Gasteiger partial charge in [0.05, 0.1) is 5.56 Å². The number of likely N-dealkylation sites (tertiary alicyclic amines) is 1. The van der Waals surface area contributed by atoms with Gasteiger partial charge in [-0.3, -0.25) is 0 Å². The molecule has 0 spiro atoms. The summed E-state index contributed by atoms with van der Waals surface area (Å²) in [7, 11) is 4.14. The van der Waals surface area contributed by atoms with Crippen LogP contribution >= 0.6 is 0 Å². The molecular formula is C16H25N3O2. The van der Waals surface area contributed by atoms with Gasteiger partial charge in [-0.15, -0.1) is 0 Å². The van der Waals surface area contributed by atoms with E-state index in [-0.39, 0.29) is 5.92 Å². The predicted octanol–water partition coefficient (Wildman–Crippen LogP) is 2.43. The summed E-state index contributed by atoms with van der Waals surface area (Å²) in [5.74, 6) is 0.0825. The van der Waals surface area contributed by atoms with Gasteiger partial charge >= 0.3 is 5.97 Å². The Bertz CT molecular complexity index is 516. The molecule has 1 aromatic rings. The fourth-order valence-corrected chi connectivity index (χ4v) is 2.78. The molecule has 1 N–H and O–H groups in total. The fourth-order valence-electron chi connectivity index (χ4n) is 2.78. The van der Waals surface area contributed by atoms with E-state index < -0.39 is 5.97 Å². The normalized spacial score (nSPS) is 19.8. The zero-order chi connectivity index (χ0) is 15.6. The smallest absolute Gasteiger partial charge is 0.335 e. The summed E-state index contributed by atoms with van der Waals surface area (Å²) in [4.78, 5) is 20.4. The van der Waals surface area contributed by atoms with Gasteiger partial charge < -0.3 is 14.9 Å². The Kier molecular flexibility index (Phi) is 4.83. The predicted molar refractivity (Wildman–Crippen MR) is 84.2 cm³/mol. The maximum absolute atomic E-state index is 11.3. The molecule has 1 aromatic heterocycles. The molecule has 0 aromatic carbocycles. The molecule has 1 saturated heterocycles. The Labute approximate surface area is 126 Å². The Hall–Kier alpha value is -1.62. The lowest BCUT2D eigenvalue weighted by molar-refractivity contribution is 0.0696. The minimum atomic E-state index is -0.894. The van der Waals surface area contributed by atoms with E-state index in [4.69, 9.17) is 0 Å². The zero-order valence-electron chi connectivity index (χ0n) is 13.3. The van der Waals surface area contributed by atoms with Crippen molar-refractivity contribution in [1.82, 2.24) is 9.88 Å². The van der Waals surface area contributed by atoms with E-state index in [1.54, 1.807) is 12.1 Å². The second kappa shape index (κ2) is 6.43. The Morgan fingerprint density at radius 1 is 1.48 bits per heavy atom. The van der Waals surface area contributed by atoms with Crippen LogP contribution in [0.25, 0.3) is 0 Å². The molecule has 21 heavy (non-hydrogen) atoms. The number of hydrogen-bond donors (Lipinski definition) is 1. The number of rotatable bonds is 4. The molecule has 1 atom stereocenters. The minimum Gasteiger partial charge on any atom is -0.478 e. The third kappa shape index (κ3) is 3.73. The van der Waals surface area contributed by atoms with Crippen LogP contribution in [0.15, 0.2) is 12.1 Å². The number of carboxylic acid groups (broad SMARTS) is 1. The average Bonchev–Trinajstić information content (AvgIpc) is 2.45. The van der Waals surface area contributed by atoms with Crippen molar-refractivity contribution in [2.75, 3.05) is 32.1 Å². The van der Waals surface area contributed by atoms with E-state index in [0.717, 1.165) is 31.0 Å². The third-order valence-electron chi connectivity index (χ3n) is 4.18. The summed E-state index contributed by atoms with van der Waals surface area (Å²) in [6.07, 6.45) is 2.29. The molecule has 1 fully saturated rings. The van der Waals surface area contributed by atoms with E-state index in [0.29, 0.717) is 11.6 Å². The fraction of sp³-hybridized carbons (Fsp3) is 0.625. The molecule has 1 aliphatic heterocycles. The highest BCUT2D eigenvalue weighted by molar-refractivity contribution is 5.88. The second-order valence-electron chi connectivity index (χ2n) is 6.27. The van der Waals surface area contributed by atoms with Crippen molar-refractivity contribution in [3.05, 3.63) is 23.4 Å². The number of carboxylic acids is 1. The first-order valence-electron chi connectivity index (χ1n) is 7.55. The van der Waals surface area contributed by atoms with Gasteiger partial charge in [-0.2, -0.15) is 0 Å². The lowest BCUT2D eigenvalue weighted by Crippen LogP contribution is -2.45. The number of likely N-dealkylation sites (N-methyl/N-ethyl adjacent to an activating group) is 2. The number of carbonyl (C=O) groups is 1. The number of aromatic carboxylic acids is 1. The highest BCUT2D eigenvalue weighted by Crippen LogP contribution is 2.23. The van der Waals surface area contributed by atoms with Crippen LogP contribution in [0.1, 0.15) is 48.7 Å². The highest BCUT2D eigenvalue weighted by atomic mass is 16.4. The molecule has 0 radical (unpaired) electrons. The maximum atomic E-state index is 11.3. The van der Waals surface area contributed by atoms with Crippen LogP contribution in [0.3, 0.4) is 0 Å². The number of anilines is 1. The first-order valence-corrected chi connectivity index (χ1v) is 7.55. The van der Waals surface area contributed by atoms with E-state index in [9.17, 15) is 9.90 Å². The van der Waals surface area contributed by atoms with Crippen molar-refractivity contribution in [1.29, 1.82) is 0 Å². The molecular weight excluding hydrogens is 266 g/mol. The minimum absolute atomic E-state index is 0.213. The van der Waals surface area contributed by atoms with Crippen LogP contribution in [0.4, 0.5) is 5.82 Å². The standard InChI is InChI=1S/C16H25N3O2/c1-11(2)14-8-12(16(20)21)9-15(17-14)19(4)13-6-5-7-18(3)10-13/h8-9,11,13H,5-7,10H2,1-4H3,(H,20,21). The summed E-state index contributed by atoms with van der Waals surface area (Å²) in [6.45, 7) is 6.19. The molecule has 0 saturated carbocycles. The number of hydrogen-bond acceptors (Lipinski definition) is 4. The van der Waals surface area contributed by atoms with E-state index in [1.165, 1.54) is 6.42 Å². The van der Waals surface area contributed by atoms with Crippen LogP contribution < -0.4 is 4.90 Å². The summed E-state index contributed by atoms with van der Waals surface area (Å²) in [5.41, 5.74) is 1.15. The summed E-state index contributed by atoms with van der Waals surface area (Å²) >= 11 is 0. The lowest BCUT2D eigenvalue weighted by Gasteiger charge is -2.36. The molecule has 5 nitrogen and oxygen atoms in total. The number of nitrogens with zero attached hydrogens (tertiary/aromatic N) is 3. The van der Waals surface area contributed by atoms with Crippen molar-refractivity contribution in [3.8, 4) is 0 Å². The molecule has 116 valence electrons. The van der Waals surface area contributed by atoms with Crippen molar-refractivity contribution in [2.45, 2.75) is 38.6 Å². The summed E-state index contributed by atoms with van der Waals surface area (Å²) < 4.78 is 0. The zero-order valence-corrected chi connectivity index (χ0v) is 13.3. The maximum Gasteiger partial charge on any atom is 0.335 e. The van der Waals surface area contributed by atoms with Gasteiger partial charge in [0.15, 0.2) is 0 Å². The quantitative estimate of drug-likeness (QED) is 0.923. The molecule has 0 amide bonds. The first-order chi connectivity index (χ1) is 9.88. The van der Waals surface area contributed by atoms with Gasteiger partial charge in [-0.1, -0.05) is 13.8 Å². The lowest BCUT2D eigenvalue weighted by atomic mass is 10.0. The Morgan fingerprint density at radius 2 is 2.19 bits per heavy atom. The average molecular weight is 291 g/mol. The SMILES string of the molecule is CC(C)c1cc(C(=O)O)cc(N(C)C2CCCN(C)C2)n1. The number of pyridine rings is 1. The first kappa shape index (κ1) is 15.8. The van der Waals surface area contributed by atoms with Gasteiger partial charge in [0, 0.05) is 25.3 Å². The second-order valence-corrected chi connectivity index (χ2v) is 6.27. The van der Waals surface area contributed by atoms with E-state index in [1.807, 2.05) is 20.9 Å². The van der Waals surface area contributed by atoms with Crippen LogP contribution in [0.5, 0.6) is 0 Å². The molecule has 5 heteroatoms. The van der Waals surface area contributed by atoms with Gasteiger partial charge in [-0.25, -0.2) is 9.78 Å². The number of piperidine rings is 1.